The van der Waals surface area contributed by atoms with Gasteiger partial charge in [0.15, 0.2) is 5.96 Å². The predicted molar refractivity (Wildman–Crippen MR) is 120 cm³/mol. The lowest BCUT2D eigenvalue weighted by molar-refractivity contribution is 0.346. The minimum atomic E-state index is -3.42. The van der Waals surface area contributed by atoms with Crippen molar-refractivity contribution in [3.63, 3.8) is 0 Å². The van der Waals surface area contributed by atoms with Gasteiger partial charge in [0.1, 0.15) is 0 Å². The third kappa shape index (κ3) is 6.04. The Bertz CT molecular complexity index is 932. The van der Waals surface area contributed by atoms with Gasteiger partial charge in [0.25, 0.3) is 0 Å². The van der Waals surface area contributed by atoms with Gasteiger partial charge >= 0.3 is 0 Å². The molecule has 1 aliphatic rings. The number of aliphatic imine (C=N–C) groups is 1. The van der Waals surface area contributed by atoms with Gasteiger partial charge in [-0.05, 0) is 56.5 Å². The van der Waals surface area contributed by atoms with Crippen LogP contribution in [0.2, 0.25) is 0 Å². The quantitative estimate of drug-likeness (QED) is 0.517. The summed E-state index contributed by atoms with van der Waals surface area (Å²) in [5.74, 6) is 0.725. The van der Waals surface area contributed by atoms with Crippen LogP contribution >= 0.6 is 11.3 Å². The first-order valence-electron chi connectivity index (χ1n) is 10.2. The van der Waals surface area contributed by atoms with E-state index in [4.69, 9.17) is 0 Å². The van der Waals surface area contributed by atoms with E-state index < -0.39 is 10.0 Å². The third-order valence-corrected chi connectivity index (χ3v) is 7.74. The summed E-state index contributed by atoms with van der Waals surface area (Å²) in [6.45, 7) is 7.24. The van der Waals surface area contributed by atoms with Crippen LogP contribution in [0.1, 0.15) is 41.5 Å². The largest absolute Gasteiger partial charge is 0.357 e. The summed E-state index contributed by atoms with van der Waals surface area (Å²) in [6.07, 6.45) is 2.97. The van der Waals surface area contributed by atoms with Crippen LogP contribution in [0, 0.1) is 6.92 Å². The minimum Gasteiger partial charge on any atom is -0.357 e. The van der Waals surface area contributed by atoms with Gasteiger partial charge in [-0.2, -0.15) is 4.31 Å². The van der Waals surface area contributed by atoms with Gasteiger partial charge in [-0.15, -0.1) is 11.3 Å². The number of hydrogen-bond acceptors (Lipinski definition) is 4. The summed E-state index contributed by atoms with van der Waals surface area (Å²) >= 11 is 1.76. The van der Waals surface area contributed by atoms with E-state index in [0.29, 0.717) is 31.1 Å². The molecule has 0 spiro atoms. The van der Waals surface area contributed by atoms with Crippen molar-refractivity contribution in [1.29, 1.82) is 0 Å². The van der Waals surface area contributed by atoms with Crippen LogP contribution in [0.25, 0.3) is 0 Å². The van der Waals surface area contributed by atoms with Crippen LogP contribution < -0.4 is 10.6 Å². The molecule has 0 radical (unpaired) electrons. The Morgan fingerprint density at radius 3 is 2.62 bits per heavy atom. The third-order valence-electron chi connectivity index (χ3n) is 4.84. The first-order chi connectivity index (χ1) is 14.0. The summed E-state index contributed by atoms with van der Waals surface area (Å²) in [6, 6.07) is 11.4. The number of hydrogen-bond donors (Lipinski definition) is 2. The molecule has 0 atom stereocenters. The number of thiophene rings is 1. The number of nitrogens with zero attached hydrogens (tertiary/aromatic N) is 2. The highest BCUT2D eigenvalue weighted by atomic mass is 32.2. The Hall–Kier alpha value is -1.90. The van der Waals surface area contributed by atoms with Crippen LogP contribution in [0.5, 0.6) is 0 Å². The molecule has 1 aliphatic heterocycles. The molecule has 0 amide bonds. The van der Waals surface area contributed by atoms with Crippen molar-refractivity contribution in [2.75, 3.05) is 19.6 Å². The highest BCUT2D eigenvalue weighted by Gasteiger charge is 2.25. The van der Waals surface area contributed by atoms with E-state index in [1.165, 1.54) is 9.75 Å². The average Bonchev–Trinajstić information content (AvgIpc) is 3.16. The smallest absolute Gasteiger partial charge is 0.243 e. The highest BCUT2D eigenvalue weighted by Crippen LogP contribution is 2.21. The molecule has 29 heavy (non-hydrogen) atoms. The van der Waals surface area contributed by atoms with E-state index >= 15 is 0 Å². The standard InChI is InChI=1S/C21H30N4O2S2/c1-3-22-21(24-16-19-11-10-17(2)28-19)23-15-18-8-7-9-20(14-18)29(26,27)25-12-5-4-6-13-25/h7-11,14H,3-6,12-13,15-16H2,1-2H3,(H2,22,23,24). The first kappa shape index (κ1) is 21.8. The number of benzene rings is 1. The van der Waals surface area contributed by atoms with E-state index in [-0.39, 0.29) is 0 Å². The van der Waals surface area contributed by atoms with E-state index in [0.717, 1.165) is 37.3 Å². The zero-order chi connectivity index (χ0) is 20.7. The lowest BCUT2D eigenvalue weighted by Crippen LogP contribution is -2.36. The molecule has 0 saturated carbocycles. The Kier molecular flexibility index (Phi) is 7.69. The molecule has 8 heteroatoms. The van der Waals surface area contributed by atoms with Crippen molar-refractivity contribution in [2.45, 2.75) is 51.1 Å². The molecule has 6 nitrogen and oxygen atoms in total. The molecule has 1 aromatic carbocycles. The van der Waals surface area contributed by atoms with Crippen molar-refractivity contribution in [1.82, 2.24) is 14.9 Å². The van der Waals surface area contributed by atoms with Gasteiger partial charge in [-0.25, -0.2) is 13.4 Å². The average molecular weight is 435 g/mol. The fourth-order valence-electron chi connectivity index (χ4n) is 3.32. The molecule has 158 valence electrons. The fraction of sp³-hybridized carbons (Fsp3) is 0.476. The summed E-state index contributed by atoms with van der Waals surface area (Å²) in [4.78, 5) is 7.53. The molecule has 0 aliphatic carbocycles. The zero-order valence-electron chi connectivity index (χ0n) is 17.1. The molecule has 2 N–H and O–H groups in total. The number of sulfonamides is 1. The molecule has 2 aromatic rings. The number of rotatable bonds is 7. The molecule has 2 heterocycles. The molecule has 1 aromatic heterocycles. The van der Waals surface area contributed by atoms with Gasteiger partial charge in [-0.3, -0.25) is 0 Å². The van der Waals surface area contributed by atoms with Crippen LogP contribution in [0.4, 0.5) is 0 Å². The van der Waals surface area contributed by atoms with E-state index in [1.54, 1.807) is 33.8 Å². The maximum Gasteiger partial charge on any atom is 0.243 e. The second-order valence-corrected chi connectivity index (χ2v) is 10.5. The van der Waals surface area contributed by atoms with Crippen LogP contribution in [-0.4, -0.2) is 38.3 Å². The maximum atomic E-state index is 12.9. The summed E-state index contributed by atoms with van der Waals surface area (Å²) in [5.41, 5.74) is 0.882. The number of guanidine groups is 1. The van der Waals surface area contributed by atoms with Gasteiger partial charge in [0.2, 0.25) is 10.0 Å². The topological polar surface area (TPSA) is 73.8 Å². The fourth-order valence-corrected chi connectivity index (χ4v) is 5.74. The van der Waals surface area contributed by atoms with E-state index in [9.17, 15) is 8.42 Å². The molecule has 1 saturated heterocycles. The van der Waals surface area contributed by atoms with Crippen molar-refractivity contribution in [2.24, 2.45) is 4.99 Å². The normalized spacial score (nSPS) is 16.0. The van der Waals surface area contributed by atoms with Crippen molar-refractivity contribution in [3.8, 4) is 0 Å². The van der Waals surface area contributed by atoms with E-state index in [2.05, 4.69) is 34.7 Å². The Morgan fingerprint density at radius 2 is 1.93 bits per heavy atom. The summed E-state index contributed by atoms with van der Waals surface area (Å²) in [5, 5.41) is 6.58. The molecule has 0 bridgehead atoms. The van der Waals surface area contributed by atoms with Crippen LogP contribution in [0.3, 0.4) is 0 Å². The SMILES string of the molecule is CCNC(=NCc1cccc(S(=O)(=O)N2CCCCC2)c1)NCc1ccc(C)s1. The predicted octanol–water partition coefficient (Wildman–Crippen LogP) is 3.49. The minimum absolute atomic E-state index is 0.360. The van der Waals surface area contributed by atoms with Crippen molar-refractivity contribution < 1.29 is 8.42 Å². The molecular weight excluding hydrogens is 404 g/mol. The van der Waals surface area contributed by atoms with Gasteiger partial charge in [0.05, 0.1) is 18.0 Å². The number of nitrogens with one attached hydrogen (secondary N) is 2. The van der Waals surface area contributed by atoms with Gasteiger partial charge < -0.3 is 10.6 Å². The number of aryl methyl sites for hydroxylation is 1. The Morgan fingerprint density at radius 1 is 1.14 bits per heavy atom. The second-order valence-electron chi connectivity index (χ2n) is 7.17. The van der Waals surface area contributed by atoms with Crippen LogP contribution in [-0.2, 0) is 23.1 Å². The zero-order valence-corrected chi connectivity index (χ0v) is 18.8. The van der Waals surface area contributed by atoms with E-state index in [1.807, 2.05) is 13.0 Å². The Labute approximate surface area is 178 Å². The first-order valence-corrected chi connectivity index (χ1v) is 12.4. The summed E-state index contributed by atoms with van der Waals surface area (Å²) in [7, 11) is -3.42. The van der Waals surface area contributed by atoms with Crippen LogP contribution in [0.15, 0.2) is 46.3 Å². The molecule has 3 rings (SSSR count). The van der Waals surface area contributed by atoms with Crippen molar-refractivity contribution in [3.05, 3.63) is 51.7 Å². The second kappa shape index (κ2) is 10.2. The van der Waals surface area contributed by atoms with Gasteiger partial charge in [-0.1, -0.05) is 18.6 Å². The lowest BCUT2D eigenvalue weighted by atomic mass is 10.2. The monoisotopic (exact) mass is 434 g/mol. The number of piperidine rings is 1. The molecule has 0 unspecified atom stereocenters. The maximum absolute atomic E-state index is 12.9. The summed E-state index contributed by atoms with van der Waals surface area (Å²) < 4.78 is 27.4. The van der Waals surface area contributed by atoms with Crippen molar-refractivity contribution >= 4 is 27.3 Å². The lowest BCUT2D eigenvalue weighted by Gasteiger charge is -2.26. The van der Waals surface area contributed by atoms with Gasteiger partial charge in [0, 0.05) is 29.4 Å². The Balaban J connectivity index is 1.68. The molecule has 1 fully saturated rings. The molecular formula is C21H30N4O2S2. The highest BCUT2D eigenvalue weighted by molar-refractivity contribution is 7.89.